The molecule has 3 aliphatic rings. The van der Waals surface area contributed by atoms with E-state index >= 15 is 0 Å². The van der Waals surface area contributed by atoms with Crippen molar-refractivity contribution < 1.29 is 4.79 Å². The molecule has 0 unspecified atom stereocenters. The van der Waals surface area contributed by atoms with Crippen molar-refractivity contribution >= 4 is 17.5 Å². The zero-order chi connectivity index (χ0) is 19.3. The van der Waals surface area contributed by atoms with Gasteiger partial charge in [0.1, 0.15) is 18.0 Å². The maximum Gasteiger partial charge on any atom is 0.222 e. The van der Waals surface area contributed by atoms with Gasteiger partial charge in [0.25, 0.3) is 0 Å². The van der Waals surface area contributed by atoms with Crippen LogP contribution >= 0.6 is 0 Å². The van der Waals surface area contributed by atoms with E-state index in [2.05, 4.69) is 43.0 Å². The van der Waals surface area contributed by atoms with Crippen LogP contribution in [0, 0.1) is 5.92 Å². The van der Waals surface area contributed by atoms with E-state index in [-0.39, 0.29) is 0 Å². The maximum atomic E-state index is 12.5. The molecule has 7 nitrogen and oxygen atoms in total. The lowest BCUT2D eigenvalue weighted by molar-refractivity contribution is -0.133. The van der Waals surface area contributed by atoms with Gasteiger partial charge in [-0.2, -0.15) is 0 Å². The number of hydrogen-bond donors (Lipinski definition) is 1. The zero-order valence-corrected chi connectivity index (χ0v) is 17.1. The molecular weight excluding hydrogens is 352 g/mol. The smallest absolute Gasteiger partial charge is 0.222 e. The number of carbonyl (C=O) groups excluding carboxylic acids is 1. The summed E-state index contributed by atoms with van der Waals surface area (Å²) < 4.78 is 0. The topological polar surface area (TPSA) is 64.6 Å². The summed E-state index contributed by atoms with van der Waals surface area (Å²) in [5.41, 5.74) is 0. The third-order valence-corrected chi connectivity index (χ3v) is 6.46. The number of carbonyl (C=O) groups is 1. The Morgan fingerprint density at radius 3 is 2.50 bits per heavy atom. The molecule has 28 heavy (non-hydrogen) atoms. The van der Waals surface area contributed by atoms with E-state index < -0.39 is 0 Å². The summed E-state index contributed by atoms with van der Waals surface area (Å²) in [5, 5.41) is 3.45. The Hall–Kier alpha value is -1.89. The van der Waals surface area contributed by atoms with Crippen molar-refractivity contribution in [2.45, 2.75) is 51.5 Å². The highest BCUT2D eigenvalue weighted by Crippen LogP contribution is 2.28. The number of piperazine rings is 1. The molecule has 1 saturated carbocycles. The largest absolute Gasteiger partial charge is 0.367 e. The number of amides is 1. The Morgan fingerprint density at radius 2 is 1.82 bits per heavy atom. The van der Waals surface area contributed by atoms with Gasteiger partial charge in [-0.05, 0) is 44.6 Å². The molecular formula is C21H34N6O. The van der Waals surface area contributed by atoms with Crippen LogP contribution in [-0.2, 0) is 4.79 Å². The fraction of sp³-hybridized carbons (Fsp3) is 0.762. The van der Waals surface area contributed by atoms with E-state index in [4.69, 9.17) is 0 Å². The molecule has 0 radical (unpaired) electrons. The third kappa shape index (κ3) is 5.13. The van der Waals surface area contributed by atoms with Gasteiger partial charge in [0.2, 0.25) is 5.91 Å². The first-order valence-corrected chi connectivity index (χ1v) is 11.0. The van der Waals surface area contributed by atoms with Crippen molar-refractivity contribution in [1.82, 2.24) is 19.8 Å². The minimum Gasteiger partial charge on any atom is -0.367 e. The van der Waals surface area contributed by atoms with E-state index in [0.29, 0.717) is 24.3 Å². The summed E-state index contributed by atoms with van der Waals surface area (Å²) in [4.78, 5) is 28.2. The van der Waals surface area contributed by atoms with Crippen LogP contribution in [0.4, 0.5) is 11.6 Å². The minimum absolute atomic E-state index is 0.352. The van der Waals surface area contributed by atoms with E-state index in [0.717, 1.165) is 76.7 Å². The first-order chi connectivity index (χ1) is 13.7. The van der Waals surface area contributed by atoms with E-state index in [9.17, 15) is 4.79 Å². The van der Waals surface area contributed by atoms with Crippen LogP contribution in [0.5, 0.6) is 0 Å². The Morgan fingerprint density at radius 1 is 1.07 bits per heavy atom. The molecule has 0 bridgehead atoms. The van der Waals surface area contributed by atoms with Crippen molar-refractivity contribution in [3.8, 4) is 0 Å². The van der Waals surface area contributed by atoms with Crippen molar-refractivity contribution in [2.75, 3.05) is 56.0 Å². The summed E-state index contributed by atoms with van der Waals surface area (Å²) in [6.07, 6.45) is 8.19. The number of aromatic nitrogens is 2. The first kappa shape index (κ1) is 19.4. The van der Waals surface area contributed by atoms with Crippen LogP contribution in [0.3, 0.4) is 0 Å². The molecule has 1 amide bonds. The van der Waals surface area contributed by atoms with Gasteiger partial charge in [0, 0.05) is 57.8 Å². The lowest BCUT2D eigenvalue weighted by Gasteiger charge is -2.35. The highest BCUT2D eigenvalue weighted by Gasteiger charge is 2.25. The molecule has 2 saturated heterocycles. The van der Waals surface area contributed by atoms with Gasteiger partial charge in [0.05, 0.1) is 0 Å². The van der Waals surface area contributed by atoms with Crippen molar-refractivity contribution in [2.24, 2.45) is 5.92 Å². The summed E-state index contributed by atoms with van der Waals surface area (Å²) in [6.45, 7) is 9.17. The standard InChI is InChI=1S/C21H34N6O/c1-2-25-11-13-27(14-12-25)21(28)6-3-17-7-9-26(10-8-17)20-15-19(22-16-23-20)24-18-4-5-18/h15-18H,2-14H2,1H3,(H,22,23,24). The van der Waals surface area contributed by atoms with Gasteiger partial charge in [0.15, 0.2) is 0 Å². The molecule has 3 heterocycles. The number of anilines is 2. The molecule has 0 spiro atoms. The first-order valence-electron chi connectivity index (χ1n) is 11.0. The Kier molecular flexibility index (Phi) is 6.29. The molecule has 1 aromatic heterocycles. The Labute approximate surface area is 168 Å². The molecule has 7 heteroatoms. The highest BCUT2D eigenvalue weighted by atomic mass is 16.2. The van der Waals surface area contributed by atoms with Crippen molar-refractivity contribution in [3.05, 3.63) is 12.4 Å². The van der Waals surface area contributed by atoms with Crippen LogP contribution in [-0.4, -0.2) is 77.5 Å². The molecule has 1 N–H and O–H groups in total. The van der Waals surface area contributed by atoms with Gasteiger partial charge in [-0.3, -0.25) is 4.79 Å². The number of piperidine rings is 1. The zero-order valence-electron chi connectivity index (χ0n) is 17.1. The summed E-state index contributed by atoms with van der Waals surface area (Å²) in [5.74, 6) is 2.98. The van der Waals surface area contributed by atoms with Gasteiger partial charge < -0.3 is 20.0 Å². The number of rotatable bonds is 7. The molecule has 4 rings (SSSR count). The lowest BCUT2D eigenvalue weighted by atomic mass is 9.92. The Balaban J connectivity index is 1.19. The average molecular weight is 387 g/mol. The maximum absolute atomic E-state index is 12.5. The predicted octanol–water partition coefficient (Wildman–Crippen LogP) is 2.21. The number of nitrogens with one attached hydrogen (secondary N) is 1. The molecule has 1 aliphatic carbocycles. The monoisotopic (exact) mass is 386 g/mol. The van der Waals surface area contributed by atoms with Crippen LogP contribution in [0.15, 0.2) is 12.4 Å². The normalized spacial score (nSPS) is 21.8. The van der Waals surface area contributed by atoms with Gasteiger partial charge in [-0.15, -0.1) is 0 Å². The minimum atomic E-state index is 0.352. The van der Waals surface area contributed by atoms with Crippen LogP contribution in [0.2, 0.25) is 0 Å². The second-order valence-corrected chi connectivity index (χ2v) is 8.46. The third-order valence-electron chi connectivity index (χ3n) is 6.46. The second kappa shape index (κ2) is 9.07. The van der Waals surface area contributed by atoms with Crippen LogP contribution in [0.25, 0.3) is 0 Å². The number of likely N-dealkylation sites (N-methyl/N-ethyl adjacent to an activating group) is 1. The van der Waals surface area contributed by atoms with Crippen molar-refractivity contribution in [3.63, 3.8) is 0 Å². The molecule has 0 atom stereocenters. The molecule has 3 fully saturated rings. The molecule has 0 aromatic carbocycles. The predicted molar refractivity (Wildman–Crippen MR) is 112 cm³/mol. The summed E-state index contributed by atoms with van der Waals surface area (Å²) in [7, 11) is 0. The van der Waals surface area contributed by atoms with Gasteiger partial charge >= 0.3 is 0 Å². The fourth-order valence-electron chi connectivity index (χ4n) is 4.29. The van der Waals surface area contributed by atoms with Gasteiger partial charge in [-0.1, -0.05) is 6.92 Å². The van der Waals surface area contributed by atoms with Crippen LogP contribution in [0.1, 0.15) is 45.4 Å². The van der Waals surface area contributed by atoms with E-state index in [1.807, 2.05) is 0 Å². The SMILES string of the molecule is CCN1CCN(C(=O)CCC2CCN(c3cc(NC4CC4)ncn3)CC2)CC1. The van der Waals surface area contributed by atoms with E-state index in [1.54, 1.807) is 6.33 Å². The fourth-order valence-corrected chi connectivity index (χ4v) is 4.29. The molecule has 154 valence electrons. The van der Waals surface area contributed by atoms with Crippen molar-refractivity contribution in [1.29, 1.82) is 0 Å². The molecule has 2 aliphatic heterocycles. The number of nitrogens with zero attached hydrogens (tertiary/aromatic N) is 5. The quantitative estimate of drug-likeness (QED) is 0.775. The van der Waals surface area contributed by atoms with Crippen LogP contribution < -0.4 is 10.2 Å². The second-order valence-electron chi connectivity index (χ2n) is 8.46. The van der Waals surface area contributed by atoms with Gasteiger partial charge in [-0.25, -0.2) is 9.97 Å². The summed E-state index contributed by atoms with van der Waals surface area (Å²) >= 11 is 0. The van der Waals surface area contributed by atoms with E-state index in [1.165, 1.54) is 12.8 Å². The number of hydrogen-bond acceptors (Lipinski definition) is 6. The lowest BCUT2D eigenvalue weighted by Crippen LogP contribution is -2.48. The highest BCUT2D eigenvalue weighted by molar-refractivity contribution is 5.76. The molecule has 1 aromatic rings. The Bertz CT molecular complexity index is 648. The summed E-state index contributed by atoms with van der Waals surface area (Å²) in [6, 6.07) is 2.69. The average Bonchev–Trinajstić information content (AvgIpc) is 3.56.